The van der Waals surface area contributed by atoms with Crippen LogP contribution in [0.25, 0.3) is 0 Å². The van der Waals surface area contributed by atoms with Gasteiger partial charge in [0.25, 0.3) is 5.91 Å². The van der Waals surface area contributed by atoms with E-state index < -0.39 is 45.6 Å². The van der Waals surface area contributed by atoms with Crippen LogP contribution in [-0.2, 0) is 20.4 Å². The molecule has 0 unspecified atom stereocenters. The van der Waals surface area contributed by atoms with Crippen molar-refractivity contribution in [1.29, 1.82) is 0 Å². The lowest BCUT2D eigenvalue weighted by Crippen LogP contribution is -2.43. The van der Waals surface area contributed by atoms with Crippen molar-refractivity contribution >= 4 is 33.4 Å². The Morgan fingerprint density at radius 2 is 1.66 bits per heavy atom. The Kier molecular flexibility index (Phi) is 6.36. The number of carbonyl (C=O) groups excluding carboxylic acids is 3. The molecule has 1 heterocycles. The highest BCUT2D eigenvalue weighted by molar-refractivity contribution is 7.92. The lowest BCUT2D eigenvalue weighted by molar-refractivity contribution is -0.131. The standard InChI is InChI=1S/C22H24FN3O5S/c1-4-22(16-8-10-17(23)11-9-16)20(28)25(21(29)24-22)14-19(27)15-6-12-18(13-7-15)26(5-2)32(3,30)31/h6-13H,4-5,14H2,1-3H3,(H,24,29)/t22-/m1/s1. The Labute approximate surface area is 186 Å². The summed E-state index contributed by atoms with van der Waals surface area (Å²) in [7, 11) is -3.46. The SMILES string of the molecule is CCN(c1ccc(C(=O)CN2C(=O)N[C@](CC)(c3ccc(F)cc3)C2=O)cc1)S(C)(=O)=O. The van der Waals surface area contributed by atoms with Gasteiger partial charge in [0, 0.05) is 12.1 Å². The number of nitrogens with one attached hydrogen (secondary N) is 1. The maximum Gasteiger partial charge on any atom is 0.325 e. The van der Waals surface area contributed by atoms with Gasteiger partial charge < -0.3 is 5.32 Å². The topological polar surface area (TPSA) is 104 Å². The number of urea groups is 1. The molecule has 8 nitrogen and oxygen atoms in total. The van der Waals surface area contributed by atoms with Crippen LogP contribution in [0.5, 0.6) is 0 Å². The number of nitrogens with zero attached hydrogens (tertiary/aromatic N) is 2. The molecule has 3 rings (SSSR count). The Hall–Kier alpha value is -3.27. The summed E-state index contributed by atoms with van der Waals surface area (Å²) < 4.78 is 38.2. The van der Waals surface area contributed by atoms with Crippen molar-refractivity contribution in [2.24, 2.45) is 0 Å². The minimum atomic E-state index is -3.46. The number of carbonyl (C=O) groups is 3. The van der Waals surface area contributed by atoms with Gasteiger partial charge in [0.1, 0.15) is 11.4 Å². The van der Waals surface area contributed by atoms with E-state index in [0.29, 0.717) is 11.3 Å². The normalized spacial score (nSPS) is 18.6. The highest BCUT2D eigenvalue weighted by atomic mass is 32.2. The number of ketones is 1. The van der Waals surface area contributed by atoms with Gasteiger partial charge in [0.05, 0.1) is 18.5 Å². The summed E-state index contributed by atoms with van der Waals surface area (Å²) in [6.07, 6.45) is 1.31. The molecule has 1 aliphatic rings. The first-order chi connectivity index (χ1) is 15.0. The van der Waals surface area contributed by atoms with Crippen molar-refractivity contribution in [2.75, 3.05) is 23.7 Å². The van der Waals surface area contributed by atoms with E-state index in [1.807, 2.05) is 0 Å². The number of halogens is 1. The summed E-state index contributed by atoms with van der Waals surface area (Å²) in [5, 5.41) is 2.65. The maximum atomic E-state index is 13.3. The van der Waals surface area contributed by atoms with Gasteiger partial charge in [-0.2, -0.15) is 0 Å². The van der Waals surface area contributed by atoms with E-state index in [-0.39, 0.29) is 18.5 Å². The van der Waals surface area contributed by atoms with Crippen LogP contribution in [0.2, 0.25) is 0 Å². The second-order valence-corrected chi connectivity index (χ2v) is 9.39. The number of benzene rings is 2. The number of imide groups is 1. The van der Waals surface area contributed by atoms with E-state index in [1.165, 1.54) is 52.8 Å². The molecular weight excluding hydrogens is 437 g/mol. The van der Waals surface area contributed by atoms with Crippen LogP contribution in [0, 0.1) is 5.82 Å². The van der Waals surface area contributed by atoms with Crippen molar-refractivity contribution in [3.05, 3.63) is 65.5 Å². The molecule has 10 heteroatoms. The third kappa shape index (κ3) is 4.22. The summed E-state index contributed by atoms with van der Waals surface area (Å²) in [5.41, 5.74) is -0.302. The summed E-state index contributed by atoms with van der Waals surface area (Å²) in [4.78, 5) is 39.3. The zero-order valence-corrected chi connectivity index (χ0v) is 18.8. The maximum absolute atomic E-state index is 13.3. The van der Waals surface area contributed by atoms with Crippen molar-refractivity contribution in [1.82, 2.24) is 10.2 Å². The van der Waals surface area contributed by atoms with E-state index in [4.69, 9.17) is 0 Å². The number of sulfonamides is 1. The Balaban J connectivity index is 1.81. The zero-order chi connectivity index (χ0) is 23.7. The number of hydrogen-bond acceptors (Lipinski definition) is 5. The molecule has 32 heavy (non-hydrogen) atoms. The molecule has 1 atom stereocenters. The van der Waals surface area contributed by atoms with Crippen molar-refractivity contribution in [3.8, 4) is 0 Å². The Morgan fingerprint density at radius 1 is 1.06 bits per heavy atom. The molecule has 2 aromatic carbocycles. The summed E-state index contributed by atoms with van der Waals surface area (Å²) in [5.74, 6) is -1.53. The van der Waals surface area contributed by atoms with E-state index in [1.54, 1.807) is 13.8 Å². The summed E-state index contributed by atoms with van der Waals surface area (Å²) in [6.45, 7) is 3.17. The highest BCUT2D eigenvalue weighted by Crippen LogP contribution is 2.32. The third-order valence-electron chi connectivity index (χ3n) is 5.51. The van der Waals surface area contributed by atoms with Crippen LogP contribution in [0.3, 0.4) is 0 Å². The first kappa shape index (κ1) is 23.4. The minimum Gasteiger partial charge on any atom is -0.319 e. The average molecular weight is 462 g/mol. The number of anilines is 1. The fourth-order valence-corrected chi connectivity index (χ4v) is 4.77. The quantitative estimate of drug-likeness (QED) is 0.481. The monoisotopic (exact) mass is 461 g/mol. The van der Waals surface area contributed by atoms with Crippen LogP contribution in [0.1, 0.15) is 36.2 Å². The number of rotatable bonds is 8. The number of amides is 3. The molecule has 170 valence electrons. The van der Waals surface area contributed by atoms with E-state index in [9.17, 15) is 27.2 Å². The number of Topliss-reactive ketones (excluding diaryl/α,β-unsaturated/α-hetero) is 1. The molecule has 1 fully saturated rings. The lowest BCUT2D eigenvalue weighted by Gasteiger charge is -2.25. The molecule has 1 saturated heterocycles. The molecule has 0 aliphatic carbocycles. The minimum absolute atomic E-state index is 0.223. The second-order valence-electron chi connectivity index (χ2n) is 7.49. The highest BCUT2D eigenvalue weighted by Gasteiger charge is 2.51. The van der Waals surface area contributed by atoms with E-state index in [0.717, 1.165) is 11.2 Å². The summed E-state index contributed by atoms with van der Waals surface area (Å²) in [6, 6.07) is 10.5. The summed E-state index contributed by atoms with van der Waals surface area (Å²) >= 11 is 0. The number of hydrogen-bond donors (Lipinski definition) is 1. The molecule has 0 saturated carbocycles. The fourth-order valence-electron chi connectivity index (χ4n) is 3.80. The Morgan fingerprint density at radius 3 is 2.16 bits per heavy atom. The molecule has 1 N–H and O–H groups in total. The Bertz CT molecular complexity index is 1150. The van der Waals surface area contributed by atoms with Crippen molar-refractivity contribution in [3.63, 3.8) is 0 Å². The van der Waals surface area contributed by atoms with Gasteiger partial charge in [-0.1, -0.05) is 19.1 Å². The molecule has 1 aliphatic heterocycles. The van der Waals surface area contributed by atoms with E-state index in [2.05, 4.69) is 5.32 Å². The van der Waals surface area contributed by atoms with Gasteiger partial charge >= 0.3 is 6.03 Å². The van der Waals surface area contributed by atoms with Crippen LogP contribution in [0.4, 0.5) is 14.9 Å². The first-order valence-corrected chi connectivity index (χ1v) is 11.9. The molecule has 0 aromatic heterocycles. The first-order valence-electron chi connectivity index (χ1n) is 10.0. The average Bonchev–Trinajstić information content (AvgIpc) is 2.99. The van der Waals surface area contributed by atoms with Gasteiger partial charge in [0.2, 0.25) is 10.0 Å². The molecule has 2 aromatic rings. The second kappa shape index (κ2) is 8.70. The van der Waals surface area contributed by atoms with Crippen molar-refractivity contribution < 1.29 is 27.2 Å². The largest absolute Gasteiger partial charge is 0.325 e. The van der Waals surface area contributed by atoms with Crippen molar-refractivity contribution in [2.45, 2.75) is 25.8 Å². The lowest BCUT2D eigenvalue weighted by atomic mass is 9.87. The van der Waals surface area contributed by atoms with Crippen LogP contribution < -0.4 is 9.62 Å². The van der Waals surface area contributed by atoms with Gasteiger partial charge in [-0.25, -0.2) is 17.6 Å². The molecular formula is C22H24FN3O5S. The predicted octanol–water partition coefficient (Wildman–Crippen LogP) is 2.65. The fraction of sp³-hybridized carbons (Fsp3) is 0.318. The smallest absolute Gasteiger partial charge is 0.319 e. The zero-order valence-electron chi connectivity index (χ0n) is 18.0. The third-order valence-corrected chi connectivity index (χ3v) is 6.78. The molecule has 0 spiro atoms. The van der Waals surface area contributed by atoms with Gasteiger partial charge in [-0.05, 0) is 55.3 Å². The molecule has 0 radical (unpaired) electrons. The van der Waals surface area contributed by atoms with Gasteiger partial charge in [-0.3, -0.25) is 18.8 Å². The van der Waals surface area contributed by atoms with Gasteiger partial charge in [-0.15, -0.1) is 0 Å². The van der Waals surface area contributed by atoms with Crippen LogP contribution in [0.15, 0.2) is 48.5 Å². The predicted molar refractivity (Wildman–Crippen MR) is 117 cm³/mol. The van der Waals surface area contributed by atoms with E-state index >= 15 is 0 Å². The van der Waals surface area contributed by atoms with Crippen LogP contribution in [-0.4, -0.2) is 50.4 Å². The van der Waals surface area contributed by atoms with Crippen LogP contribution >= 0.6 is 0 Å². The molecule has 3 amide bonds. The van der Waals surface area contributed by atoms with Gasteiger partial charge in [0.15, 0.2) is 5.78 Å². The molecule has 0 bridgehead atoms.